The number of piperazine rings is 1. The van der Waals surface area contributed by atoms with E-state index in [1.807, 2.05) is 26.8 Å². The Morgan fingerprint density at radius 2 is 2.00 bits per heavy atom. The maximum absolute atomic E-state index is 14.9. The summed E-state index contributed by atoms with van der Waals surface area (Å²) in [4.78, 5) is 29.8. The van der Waals surface area contributed by atoms with Crippen LogP contribution in [0.15, 0.2) is 47.4 Å². The van der Waals surface area contributed by atoms with Crippen molar-refractivity contribution in [1.29, 1.82) is 5.26 Å². The van der Waals surface area contributed by atoms with Crippen molar-refractivity contribution in [2.24, 2.45) is 0 Å². The second-order valence-electron chi connectivity index (χ2n) is 9.66. The van der Waals surface area contributed by atoms with Crippen molar-refractivity contribution in [3.05, 3.63) is 75.7 Å². The third-order valence-electron chi connectivity index (χ3n) is 6.80. The highest BCUT2D eigenvalue weighted by Gasteiger charge is 2.27. The Kier molecular flexibility index (Phi) is 6.44. The SMILES string of the molecule is Cc1ccnc(C(C)C)c1-n1c(=O)nc(N2CCNCC2C)c2cc(C#N)c(-c3ccccc3F)nc21. The third kappa shape index (κ3) is 4.23. The summed E-state index contributed by atoms with van der Waals surface area (Å²) in [6.07, 6.45) is 1.72. The molecule has 8 nitrogen and oxygen atoms in total. The molecule has 37 heavy (non-hydrogen) atoms. The highest BCUT2D eigenvalue weighted by Crippen LogP contribution is 2.33. The lowest BCUT2D eigenvalue weighted by Gasteiger charge is -2.35. The van der Waals surface area contributed by atoms with E-state index >= 15 is 0 Å². The largest absolute Gasteiger partial charge is 0.355 e. The number of nitrogens with zero attached hydrogens (tertiary/aromatic N) is 6. The van der Waals surface area contributed by atoms with Crippen LogP contribution in [0.5, 0.6) is 0 Å². The predicted octanol–water partition coefficient (Wildman–Crippen LogP) is 4.08. The quantitative estimate of drug-likeness (QED) is 0.453. The van der Waals surface area contributed by atoms with Crippen molar-refractivity contribution in [2.45, 2.75) is 39.7 Å². The number of hydrogen-bond donors (Lipinski definition) is 1. The number of benzene rings is 1. The van der Waals surface area contributed by atoms with Crippen LogP contribution >= 0.6 is 0 Å². The second-order valence-corrected chi connectivity index (χ2v) is 9.66. The minimum atomic E-state index is -0.497. The molecule has 0 aliphatic carbocycles. The van der Waals surface area contributed by atoms with Gasteiger partial charge in [0.25, 0.3) is 0 Å². The zero-order valence-electron chi connectivity index (χ0n) is 21.3. The third-order valence-corrected chi connectivity index (χ3v) is 6.80. The number of fused-ring (bicyclic) bond motifs is 1. The monoisotopic (exact) mass is 497 g/mol. The molecule has 4 heterocycles. The number of aryl methyl sites for hydroxylation is 1. The molecule has 1 aromatic carbocycles. The summed E-state index contributed by atoms with van der Waals surface area (Å²) in [5.74, 6) is 0.00120. The van der Waals surface area contributed by atoms with Gasteiger partial charge in [-0.15, -0.1) is 0 Å². The van der Waals surface area contributed by atoms with Crippen molar-refractivity contribution in [3.8, 4) is 23.0 Å². The molecule has 0 amide bonds. The van der Waals surface area contributed by atoms with Crippen LogP contribution in [-0.4, -0.2) is 45.2 Å². The van der Waals surface area contributed by atoms with Crippen LogP contribution in [0.1, 0.15) is 43.5 Å². The number of nitriles is 1. The lowest BCUT2D eigenvalue weighted by atomic mass is 10.0. The van der Waals surface area contributed by atoms with Crippen LogP contribution in [0.4, 0.5) is 10.2 Å². The van der Waals surface area contributed by atoms with Gasteiger partial charge in [-0.25, -0.2) is 18.7 Å². The average Bonchev–Trinajstić information content (AvgIpc) is 2.88. The predicted molar refractivity (Wildman–Crippen MR) is 142 cm³/mol. The lowest BCUT2D eigenvalue weighted by molar-refractivity contribution is 0.497. The van der Waals surface area contributed by atoms with Crippen LogP contribution in [0.25, 0.3) is 28.0 Å². The normalized spacial score (nSPS) is 15.8. The molecular weight excluding hydrogens is 469 g/mol. The van der Waals surface area contributed by atoms with Crippen LogP contribution in [-0.2, 0) is 0 Å². The van der Waals surface area contributed by atoms with E-state index in [4.69, 9.17) is 4.98 Å². The van der Waals surface area contributed by atoms with Crippen LogP contribution < -0.4 is 15.9 Å². The zero-order chi connectivity index (χ0) is 26.3. The van der Waals surface area contributed by atoms with Gasteiger partial charge in [0.2, 0.25) is 0 Å². The van der Waals surface area contributed by atoms with Gasteiger partial charge in [-0.1, -0.05) is 26.0 Å². The first-order chi connectivity index (χ1) is 17.8. The fourth-order valence-corrected chi connectivity index (χ4v) is 4.93. The Hall–Kier alpha value is -4.16. The van der Waals surface area contributed by atoms with Crippen molar-refractivity contribution in [2.75, 3.05) is 24.5 Å². The number of rotatable bonds is 4. The number of nitrogens with one attached hydrogen (secondary N) is 1. The molecule has 1 aliphatic rings. The molecule has 3 aromatic heterocycles. The summed E-state index contributed by atoms with van der Waals surface area (Å²) in [7, 11) is 0. The first-order valence-electron chi connectivity index (χ1n) is 12.4. The molecule has 1 N–H and O–H groups in total. The Bertz CT molecular complexity index is 1610. The maximum atomic E-state index is 14.9. The molecule has 0 spiro atoms. The van der Waals surface area contributed by atoms with Crippen molar-refractivity contribution >= 4 is 16.9 Å². The molecule has 1 unspecified atom stereocenters. The second kappa shape index (κ2) is 9.71. The molecule has 0 radical (unpaired) electrons. The topological polar surface area (TPSA) is 99.7 Å². The van der Waals surface area contributed by atoms with E-state index in [2.05, 4.69) is 33.2 Å². The van der Waals surface area contributed by atoms with Crippen molar-refractivity contribution in [3.63, 3.8) is 0 Å². The number of aromatic nitrogens is 4. The minimum Gasteiger partial charge on any atom is -0.351 e. The first-order valence-corrected chi connectivity index (χ1v) is 12.4. The average molecular weight is 498 g/mol. The molecule has 0 saturated carbocycles. The fourth-order valence-electron chi connectivity index (χ4n) is 4.93. The molecular formula is C28H28FN7O. The van der Waals surface area contributed by atoms with Gasteiger partial charge in [0.05, 0.1) is 28.0 Å². The zero-order valence-corrected chi connectivity index (χ0v) is 21.3. The van der Waals surface area contributed by atoms with E-state index in [1.165, 1.54) is 10.6 Å². The molecule has 1 fully saturated rings. The summed E-state index contributed by atoms with van der Waals surface area (Å²) in [6, 6.07) is 12.0. The van der Waals surface area contributed by atoms with Crippen LogP contribution in [0, 0.1) is 24.1 Å². The summed E-state index contributed by atoms with van der Waals surface area (Å²) < 4.78 is 16.4. The van der Waals surface area contributed by atoms with E-state index in [0.29, 0.717) is 29.1 Å². The number of anilines is 1. The fraction of sp³-hybridized carbons (Fsp3) is 0.321. The molecule has 9 heteroatoms. The van der Waals surface area contributed by atoms with Gasteiger partial charge in [-0.3, -0.25) is 4.98 Å². The molecule has 1 atom stereocenters. The standard InChI is InChI=1S/C28H28FN7O/c1-16(2)23-25(17(3)9-10-32-23)36-27-21(26(34-28(36)37)35-12-11-31-15-18(35)4)13-19(14-30)24(33-27)20-7-5-6-8-22(20)29/h5-10,13,16,18,31H,11-12,15H2,1-4H3. The van der Waals surface area contributed by atoms with E-state index in [-0.39, 0.29) is 28.8 Å². The van der Waals surface area contributed by atoms with E-state index < -0.39 is 11.5 Å². The van der Waals surface area contributed by atoms with Gasteiger partial charge >= 0.3 is 5.69 Å². The highest BCUT2D eigenvalue weighted by molar-refractivity contribution is 5.92. The van der Waals surface area contributed by atoms with E-state index in [0.717, 1.165) is 24.3 Å². The van der Waals surface area contributed by atoms with Crippen molar-refractivity contribution < 1.29 is 4.39 Å². The summed E-state index contributed by atoms with van der Waals surface area (Å²) in [5, 5.41) is 14.0. The molecule has 188 valence electrons. The van der Waals surface area contributed by atoms with Crippen LogP contribution in [0.2, 0.25) is 0 Å². The minimum absolute atomic E-state index is 0.0223. The number of pyridine rings is 2. The molecule has 4 aromatic rings. The Morgan fingerprint density at radius 3 is 2.70 bits per heavy atom. The first kappa shape index (κ1) is 24.5. The maximum Gasteiger partial charge on any atom is 0.355 e. The lowest BCUT2D eigenvalue weighted by Crippen LogP contribution is -2.50. The molecule has 1 saturated heterocycles. The Morgan fingerprint density at radius 1 is 1.22 bits per heavy atom. The summed E-state index contributed by atoms with van der Waals surface area (Å²) in [5.41, 5.74) is 2.58. The molecule has 5 rings (SSSR count). The molecule has 0 bridgehead atoms. The Balaban J connectivity index is 1.94. The van der Waals surface area contributed by atoms with Crippen molar-refractivity contribution in [1.82, 2.24) is 24.8 Å². The van der Waals surface area contributed by atoms with E-state index in [9.17, 15) is 14.4 Å². The van der Waals surface area contributed by atoms with E-state index in [1.54, 1.807) is 30.5 Å². The number of halogens is 1. The van der Waals surface area contributed by atoms with Gasteiger partial charge in [-0.2, -0.15) is 10.2 Å². The molecule has 1 aliphatic heterocycles. The number of hydrogen-bond acceptors (Lipinski definition) is 7. The van der Waals surface area contributed by atoms with Gasteiger partial charge in [-0.05, 0) is 49.6 Å². The highest BCUT2D eigenvalue weighted by atomic mass is 19.1. The summed E-state index contributed by atoms with van der Waals surface area (Å²) in [6.45, 7) is 10.1. The Labute approximate surface area is 214 Å². The van der Waals surface area contributed by atoms with Gasteiger partial charge in [0, 0.05) is 37.4 Å². The van der Waals surface area contributed by atoms with Gasteiger partial charge < -0.3 is 10.2 Å². The van der Waals surface area contributed by atoms with Gasteiger partial charge in [0.1, 0.15) is 17.7 Å². The summed E-state index contributed by atoms with van der Waals surface area (Å²) >= 11 is 0. The smallest absolute Gasteiger partial charge is 0.351 e. The van der Waals surface area contributed by atoms with Gasteiger partial charge in [0.15, 0.2) is 5.65 Å². The van der Waals surface area contributed by atoms with Crippen LogP contribution in [0.3, 0.4) is 0 Å².